The van der Waals surface area contributed by atoms with Gasteiger partial charge in [-0.2, -0.15) is 0 Å². The molecule has 0 spiro atoms. The molecule has 2 aliphatic carbocycles. The Bertz CT molecular complexity index is 659. The minimum Gasteiger partial charge on any atom is -0.460 e. The quantitative estimate of drug-likeness (QED) is 0.229. The molecule has 6 heteroatoms. The molecule has 0 aromatic heterocycles. The third kappa shape index (κ3) is 3.77. The van der Waals surface area contributed by atoms with Crippen LogP contribution in [0.25, 0.3) is 0 Å². The van der Waals surface area contributed by atoms with Gasteiger partial charge in [-0.3, -0.25) is 4.79 Å². The molecule has 1 heterocycles. The Morgan fingerprint density at radius 1 is 1.39 bits per heavy atom. The summed E-state index contributed by atoms with van der Waals surface area (Å²) in [6.07, 6.45) is 8.71. The van der Waals surface area contributed by atoms with Gasteiger partial charge in [0.1, 0.15) is 13.4 Å². The highest BCUT2D eigenvalue weighted by Crippen LogP contribution is 2.61. The molecule has 0 bridgehead atoms. The molecule has 0 radical (unpaired) electrons. The van der Waals surface area contributed by atoms with Gasteiger partial charge in [0.25, 0.3) is 0 Å². The number of fused-ring (bicyclic) bond motifs is 1. The molecule has 3 aliphatic rings. The van der Waals surface area contributed by atoms with Crippen LogP contribution < -0.4 is 5.32 Å². The SMILES string of the molecule is C=C1CC[C@@H]2[C@](C)(COCO)CCC[C@@]2(C)[C@@H]1C/C=C1/C(=O)OCC1NC=O. The van der Waals surface area contributed by atoms with E-state index in [1.165, 1.54) is 5.57 Å². The fourth-order valence-electron chi connectivity index (χ4n) is 6.14. The van der Waals surface area contributed by atoms with Gasteiger partial charge in [-0.15, -0.1) is 0 Å². The number of esters is 1. The van der Waals surface area contributed by atoms with Crippen molar-refractivity contribution < 1.29 is 24.2 Å². The maximum atomic E-state index is 12.1. The van der Waals surface area contributed by atoms with E-state index in [1.807, 2.05) is 6.08 Å². The monoisotopic (exact) mass is 391 g/mol. The van der Waals surface area contributed by atoms with E-state index in [-0.39, 0.29) is 42.2 Å². The van der Waals surface area contributed by atoms with E-state index >= 15 is 0 Å². The summed E-state index contributed by atoms with van der Waals surface area (Å²) in [4.78, 5) is 22.9. The first-order valence-corrected chi connectivity index (χ1v) is 10.3. The molecule has 5 atom stereocenters. The summed E-state index contributed by atoms with van der Waals surface area (Å²) in [6.45, 7) is 9.54. The van der Waals surface area contributed by atoms with Gasteiger partial charge in [0.15, 0.2) is 0 Å². The second-order valence-corrected chi connectivity index (χ2v) is 9.12. The first-order chi connectivity index (χ1) is 13.4. The highest BCUT2D eigenvalue weighted by Gasteiger charge is 2.54. The van der Waals surface area contributed by atoms with Gasteiger partial charge < -0.3 is 19.9 Å². The van der Waals surface area contributed by atoms with Crippen molar-refractivity contribution in [2.24, 2.45) is 22.7 Å². The van der Waals surface area contributed by atoms with Gasteiger partial charge in [-0.25, -0.2) is 4.79 Å². The van der Waals surface area contributed by atoms with E-state index in [9.17, 15) is 9.59 Å². The van der Waals surface area contributed by atoms with E-state index < -0.39 is 0 Å². The van der Waals surface area contributed by atoms with Gasteiger partial charge in [-0.05, 0) is 54.8 Å². The van der Waals surface area contributed by atoms with Crippen molar-refractivity contribution in [3.05, 3.63) is 23.8 Å². The zero-order chi connectivity index (χ0) is 20.4. The normalized spacial score (nSPS) is 39.5. The number of hydrogen-bond acceptors (Lipinski definition) is 5. The number of carbonyl (C=O) groups excluding carboxylic acids is 2. The van der Waals surface area contributed by atoms with Crippen LogP contribution in [0.2, 0.25) is 0 Å². The summed E-state index contributed by atoms with van der Waals surface area (Å²) in [5.74, 6) is 0.415. The Morgan fingerprint density at radius 3 is 2.89 bits per heavy atom. The molecule has 156 valence electrons. The van der Waals surface area contributed by atoms with Gasteiger partial charge in [0.05, 0.1) is 18.2 Å². The highest BCUT2D eigenvalue weighted by atomic mass is 16.6. The number of ether oxygens (including phenoxy) is 2. The van der Waals surface area contributed by atoms with Crippen molar-refractivity contribution in [1.82, 2.24) is 5.32 Å². The molecule has 2 saturated carbocycles. The fourth-order valence-corrected chi connectivity index (χ4v) is 6.14. The predicted octanol–water partition coefficient (Wildman–Crippen LogP) is 2.72. The summed E-state index contributed by atoms with van der Waals surface area (Å²) in [6, 6.07) is -0.361. The van der Waals surface area contributed by atoms with Crippen LogP contribution in [0.15, 0.2) is 23.8 Å². The van der Waals surface area contributed by atoms with Crippen LogP contribution in [0.4, 0.5) is 0 Å². The van der Waals surface area contributed by atoms with Crippen LogP contribution in [0.1, 0.15) is 52.4 Å². The van der Waals surface area contributed by atoms with Crippen molar-refractivity contribution in [2.45, 2.75) is 58.4 Å². The number of rotatable bonds is 7. The average molecular weight is 392 g/mol. The lowest BCUT2D eigenvalue weighted by Crippen LogP contribution is -2.52. The molecule has 3 fully saturated rings. The molecule has 1 saturated heterocycles. The van der Waals surface area contributed by atoms with Gasteiger partial charge in [0.2, 0.25) is 6.41 Å². The van der Waals surface area contributed by atoms with Crippen molar-refractivity contribution in [2.75, 3.05) is 20.0 Å². The maximum absolute atomic E-state index is 12.1. The van der Waals surface area contributed by atoms with E-state index in [0.29, 0.717) is 24.5 Å². The van der Waals surface area contributed by atoms with Crippen LogP contribution in [0, 0.1) is 22.7 Å². The maximum Gasteiger partial charge on any atom is 0.336 e. The number of hydrogen-bond donors (Lipinski definition) is 2. The largest absolute Gasteiger partial charge is 0.460 e. The predicted molar refractivity (Wildman–Crippen MR) is 105 cm³/mol. The molecule has 3 rings (SSSR count). The molecular weight excluding hydrogens is 358 g/mol. The first-order valence-electron chi connectivity index (χ1n) is 10.3. The molecule has 0 aromatic carbocycles. The van der Waals surface area contributed by atoms with Crippen molar-refractivity contribution in [3.63, 3.8) is 0 Å². The lowest BCUT2D eigenvalue weighted by Gasteiger charge is -2.58. The van der Waals surface area contributed by atoms with Crippen LogP contribution in [-0.4, -0.2) is 43.5 Å². The molecule has 6 nitrogen and oxygen atoms in total. The van der Waals surface area contributed by atoms with Crippen LogP contribution in [-0.2, 0) is 19.1 Å². The summed E-state index contributed by atoms with van der Waals surface area (Å²) >= 11 is 0. The van der Waals surface area contributed by atoms with Crippen molar-refractivity contribution >= 4 is 12.4 Å². The molecular formula is C22H33NO5. The smallest absolute Gasteiger partial charge is 0.336 e. The van der Waals surface area contributed by atoms with E-state index in [1.54, 1.807) is 0 Å². The Labute approximate surface area is 167 Å². The number of aliphatic hydroxyl groups excluding tert-OH is 1. The standard InChI is InChI=1S/C22H33NO5/c1-15-5-8-19-21(2,12-27-14-25)9-4-10-22(19,3)17(15)7-6-16-18(23-13-24)11-28-20(16)26/h6,13,17-19,25H,1,4-5,7-12,14H2,2-3H3,(H,23,24)/b16-6+/t17-,18?,19-,21+,22+/m1/s1. The molecule has 28 heavy (non-hydrogen) atoms. The summed E-state index contributed by atoms with van der Waals surface area (Å²) in [7, 11) is 0. The number of nitrogens with one attached hydrogen (secondary N) is 1. The minimum absolute atomic E-state index is 0.0374. The zero-order valence-electron chi connectivity index (χ0n) is 17.0. The van der Waals surface area contributed by atoms with E-state index in [4.69, 9.17) is 14.6 Å². The lowest BCUT2D eigenvalue weighted by molar-refractivity contribution is -0.135. The average Bonchev–Trinajstić information content (AvgIpc) is 2.99. The molecule has 1 aliphatic heterocycles. The van der Waals surface area contributed by atoms with Gasteiger partial charge >= 0.3 is 5.97 Å². The van der Waals surface area contributed by atoms with Crippen LogP contribution >= 0.6 is 0 Å². The third-order valence-electron chi connectivity index (χ3n) is 7.50. The number of aliphatic hydroxyl groups is 1. The summed E-state index contributed by atoms with van der Waals surface area (Å²) in [5, 5.41) is 11.8. The van der Waals surface area contributed by atoms with Crippen LogP contribution in [0.3, 0.4) is 0 Å². The Hall–Kier alpha value is -1.66. The van der Waals surface area contributed by atoms with Crippen LogP contribution in [0.5, 0.6) is 0 Å². The number of carbonyl (C=O) groups is 2. The third-order valence-corrected chi connectivity index (χ3v) is 7.50. The lowest BCUT2D eigenvalue weighted by atomic mass is 9.47. The zero-order valence-corrected chi connectivity index (χ0v) is 17.0. The Balaban J connectivity index is 1.83. The Kier molecular flexibility index (Phi) is 6.30. The second kappa shape index (κ2) is 8.37. The number of cyclic esters (lactones) is 1. The Morgan fingerprint density at radius 2 is 2.18 bits per heavy atom. The van der Waals surface area contributed by atoms with Gasteiger partial charge in [-0.1, -0.05) is 38.5 Å². The number of amides is 1. The van der Waals surface area contributed by atoms with Gasteiger partial charge in [0, 0.05) is 0 Å². The number of allylic oxidation sites excluding steroid dienone is 2. The summed E-state index contributed by atoms with van der Waals surface area (Å²) < 4.78 is 10.6. The molecule has 2 N–H and O–H groups in total. The topological polar surface area (TPSA) is 84.9 Å². The minimum atomic E-state index is -0.361. The fraction of sp³-hybridized carbons (Fsp3) is 0.727. The van der Waals surface area contributed by atoms with E-state index in [0.717, 1.165) is 38.5 Å². The molecule has 1 amide bonds. The second-order valence-electron chi connectivity index (χ2n) is 9.12. The first kappa shape index (κ1) is 21.1. The van der Waals surface area contributed by atoms with E-state index in [2.05, 4.69) is 25.7 Å². The van der Waals surface area contributed by atoms with Crippen molar-refractivity contribution in [1.29, 1.82) is 0 Å². The van der Waals surface area contributed by atoms with Crippen molar-refractivity contribution in [3.8, 4) is 0 Å². The highest BCUT2D eigenvalue weighted by molar-refractivity contribution is 5.92. The summed E-state index contributed by atoms with van der Waals surface area (Å²) in [5.41, 5.74) is 1.91. The molecule has 0 aromatic rings. The molecule has 1 unspecified atom stereocenters.